The van der Waals surface area contributed by atoms with Gasteiger partial charge in [0.1, 0.15) is 17.8 Å². The van der Waals surface area contributed by atoms with Crippen molar-refractivity contribution < 1.29 is 4.79 Å². The average molecular weight is 360 g/mol. The lowest BCUT2D eigenvalue weighted by Gasteiger charge is -2.24. The molecule has 1 N–H and O–H groups in total. The fourth-order valence-electron chi connectivity index (χ4n) is 2.72. The van der Waals surface area contributed by atoms with E-state index in [1.54, 1.807) is 11.0 Å². The number of hydrogen-bond donors (Lipinski definition) is 1. The molecule has 0 radical (unpaired) electrons. The van der Waals surface area contributed by atoms with Crippen LogP contribution >= 0.6 is 0 Å². The fraction of sp³-hybridized carbons (Fsp3) is 0.227. The summed E-state index contributed by atoms with van der Waals surface area (Å²) < 4.78 is 0. The van der Waals surface area contributed by atoms with Crippen LogP contribution < -0.4 is 10.2 Å². The molecule has 2 aromatic carbocycles. The van der Waals surface area contributed by atoms with Gasteiger partial charge in [-0.1, -0.05) is 48.5 Å². The average Bonchev–Trinajstić information content (AvgIpc) is 2.66. The molecule has 0 fully saturated rings. The number of hydrogen-bond acceptors (Lipinski definition) is 4. The van der Waals surface area contributed by atoms with Gasteiger partial charge in [-0.05, 0) is 38.5 Å². The lowest BCUT2D eigenvalue weighted by Crippen LogP contribution is -2.32. The van der Waals surface area contributed by atoms with Gasteiger partial charge < -0.3 is 10.2 Å². The molecule has 3 aromatic rings. The van der Waals surface area contributed by atoms with E-state index in [-0.39, 0.29) is 11.4 Å². The zero-order chi connectivity index (χ0) is 19.3. The lowest BCUT2D eigenvalue weighted by molar-refractivity contribution is 0.0980. The van der Waals surface area contributed by atoms with Gasteiger partial charge in [-0.25, -0.2) is 9.97 Å². The number of para-hydroxylation sites is 1. The van der Waals surface area contributed by atoms with Crippen LogP contribution in [0.3, 0.4) is 0 Å². The third kappa shape index (κ3) is 5.14. The molecule has 1 amide bonds. The molecule has 0 unspecified atom stereocenters. The number of anilines is 2. The minimum absolute atomic E-state index is 0.155. The smallest absolute Gasteiger partial charge is 0.277 e. The van der Waals surface area contributed by atoms with E-state index in [4.69, 9.17) is 0 Å². The summed E-state index contributed by atoms with van der Waals surface area (Å²) in [6, 6.07) is 21.3. The van der Waals surface area contributed by atoms with Crippen molar-refractivity contribution in [2.24, 2.45) is 0 Å². The van der Waals surface area contributed by atoms with Crippen molar-refractivity contribution in [2.45, 2.75) is 32.9 Å². The van der Waals surface area contributed by atoms with Crippen LogP contribution in [0.5, 0.6) is 0 Å². The number of carbonyl (C=O) groups excluding carboxylic acids is 1. The Morgan fingerprint density at radius 2 is 1.59 bits per heavy atom. The molecule has 138 valence electrons. The van der Waals surface area contributed by atoms with Crippen molar-refractivity contribution in [3.8, 4) is 0 Å². The summed E-state index contributed by atoms with van der Waals surface area (Å²) in [5.41, 5.74) is 2.08. The van der Waals surface area contributed by atoms with E-state index < -0.39 is 0 Å². The third-order valence-electron chi connectivity index (χ3n) is 3.89. The zero-order valence-corrected chi connectivity index (χ0v) is 15.9. The van der Waals surface area contributed by atoms with Gasteiger partial charge in [0, 0.05) is 17.3 Å². The van der Waals surface area contributed by atoms with Gasteiger partial charge in [-0.2, -0.15) is 0 Å². The topological polar surface area (TPSA) is 58.1 Å². The van der Waals surface area contributed by atoms with Gasteiger partial charge in [-0.15, -0.1) is 0 Å². The molecule has 0 atom stereocenters. The summed E-state index contributed by atoms with van der Waals surface area (Å²) >= 11 is 0. The maximum Gasteiger partial charge on any atom is 0.277 e. The Morgan fingerprint density at radius 3 is 2.22 bits per heavy atom. The maximum atomic E-state index is 13.3. The van der Waals surface area contributed by atoms with Crippen LogP contribution in [0.25, 0.3) is 0 Å². The predicted molar refractivity (Wildman–Crippen MR) is 109 cm³/mol. The quantitative estimate of drug-likeness (QED) is 0.726. The Morgan fingerprint density at radius 1 is 0.963 bits per heavy atom. The van der Waals surface area contributed by atoms with Crippen molar-refractivity contribution >= 4 is 17.4 Å². The summed E-state index contributed by atoms with van der Waals surface area (Å²) in [5, 5.41) is 3.28. The van der Waals surface area contributed by atoms with Crippen molar-refractivity contribution in [1.82, 2.24) is 9.97 Å². The van der Waals surface area contributed by atoms with E-state index in [0.29, 0.717) is 18.1 Å². The number of benzene rings is 2. The van der Waals surface area contributed by atoms with Gasteiger partial charge in [0.2, 0.25) is 0 Å². The van der Waals surface area contributed by atoms with Crippen LogP contribution in [0.2, 0.25) is 0 Å². The monoisotopic (exact) mass is 360 g/mol. The highest BCUT2D eigenvalue weighted by atomic mass is 16.2. The normalized spacial score (nSPS) is 11.1. The Labute approximate surface area is 160 Å². The number of carbonyl (C=O) groups is 1. The van der Waals surface area contributed by atoms with Gasteiger partial charge in [0.25, 0.3) is 5.91 Å². The second kappa shape index (κ2) is 7.99. The Kier molecular flexibility index (Phi) is 5.50. The molecule has 3 rings (SSSR count). The summed E-state index contributed by atoms with van der Waals surface area (Å²) in [5.74, 6) is 0.470. The number of nitrogens with zero attached hydrogens (tertiary/aromatic N) is 3. The molecule has 1 aromatic heterocycles. The SMILES string of the molecule is CC(C)(C)Nc1cc(C(=O)N(Cc2ccccc2)c2ccccc2)ncn1. The summed E-state index contributed by atoms with van der Waals surface area (Å²) in [6.45, 7) is 6.60. The molecule has 0 aliphatic rings. The van der Waals surface area contributed by atoms with E-state index in [0.717, 1.165) is 11.3 Å². The van der Waals surface area contributed by atoms with Gasteiger partial charge in [0.15, 0.2) is 0 Å². The van der Waals surface area contributed by atoms with Crippen molar-refractivity contribution in [3.63, 3.8) is 0 Å². The zero-order valence-electron chi connectivity index (χ0n) is 15.9. The molecular formula is C22H24N4O. The number of aromatic nitrogens is 2. The molecule has 0 aliphatic heterocycles. The van der Waals surface area contributed by atoms with Crippen LogP contribution in [-0.2, 0) is 6.54 Å². The van der Waals surface area contributed by atoms with Crippen LogP contribution in [0, 0.1) is 0 Å². The van der Waals surface area contributed by atoms with E-state index in [1.807, 2.05) is 81.4 Å². The molecule has 5 nitrogen and oxygen atoms in total. The second-order valence-corrected chi connectivity index (χ2v) is 7.38. The fourth-order valence-corrected chi connectivity index (χ4v) is 2.72. The molecule has 0 aliphatic carbocycles. The van der Waals surface area contributed by atoms with E-state index in [9.17, 15) is 4.79 Å². The van der Waals surface area contributed by atoms with E-state index in [2.05, 4.69) is 15.3 Å². The first kappa shape index (κ1) is 18.6. The van der Waals surface area contributed by atoms with E-state index >= 15 is 0 Å². The highest BCUT2D eigenvalue weighted by molar-refractivity contribution is 6.05. The van der Waals surface area contributed by atoms with Crippen molar-refractivity contribution in [1.29, 1.82) is 0 Å². The number of rotatable bonds is 5. The van der Waals surface area contributed by atoms with Crippen molar-refractivity contribution in [3.05, 3.63) is 84.3 Å². The number of nitrogens with one attached hydrogen (secondary N) is 1. The Bertz CT molecular complexity index is 889. The van der Waals surface area contributed by atoms with Gasteiger partial charge in [-0.3, -0.25) is 4.79 Å². The Balaban J connectivity index is 1.92. The molecule has 27 heavy (non-hydrogen) atoms. The molecule has 0 bridgehead atoms. The minimum atomic E-state index is -0.163. The summed E-state index contributed by atoms with van der Waals surface area (Å²) in [7, 11) is 0. The highest BCUT2D eigenvalue weighted by Crippen LogP contribution is 2.20. The predicted octanol–water partition coefficient (Wildman–Crippen LogP) is 4.53. The van der Waals surface area contributed by atoms with Crippen LogP contribution in [-0.4, -0.2) is 21.4 Å². The van der Waals surface area contributed by atoms with Crippen LogP contribution in [0.15, 0.2) is 73.1 Å². The number of amides is 1. The molecule has 5 heteroatoms. The molecular weight excluding hydrogens is 336 g/mol. The lowest BCUT2D eigenvalue weighted by atomic mass is 10.1. The third-order valence-corrected chi connectivity index (χ3v) is 3.89. The standard InChI is InChI=1S/C22H24N4O/c1-22(2,3)25-20-14-19(23-16-24-20)21(27)26(18-12-8-5-9-13-18)15-17-10-6-4-7-11-17/h4-14,16H,15H2,1-3H3,(H,23,24,25). The second-order valence-electron chi connectivity index (χ2n) is 7.38. The maximum absolute atomic E-state index is 13.3. The van der Waals surface area contributed by atoms with Crippen LogP contribution in [0.1, 0.15) is 36.8 Å². The summed E-state index contributed by atoms with van der Waals surface area (Å²) in [6.07, 6.45) is 1.42. The van der Waals surface area contributed by atoms with Gasteiger partial charge >= 0.3 is 0 Å². The molecule has 0 spiro atoms. The first-order valence-electron chi connectivity index (χ1n) is 8.93. The van der Waals surface area contributed by atoms with E-state index in [1.165, 1.54) is 6.33 Å². The Hall–Kier alpha value is -3.21. The molecule has 0 saturated heterocycles. The van der Waals surface area contributed by atoms with Crippen molar-refractivity contribution in [2.75, 3.05) is 10.2 Å². The minimum Gasteiger partial charge on any atom is -0.365 e. The first-order valence-corrected chi connectivity index (χ1v) is 8.93. The molecule has 1 heterocycles. The first-order chi connectivity index (χ1) is 12.9. The van der Waals surface area contributed by atoms with Gasteiger partial charge in [0.05, 0.1) is 6.54 Å². The summed E-state index contributed by atoms with van der Waals surface area (Å²) in [4.78, 5) is 23.5. The van der Waals surface area contributed by atoms with Crippen LogP contribution in [0.4, 0.5) is 11.5 Å². The molecule has 0 saturated carbocycles. The largest absolute Gasteiger partial charge is 0.365 e. The highest BCUT2D eigenvalue weighted by Gasteiger charge is 2.21.